The number of methoxy groups -OCH3 is 1. The van der Waals surface area contributed by atoms with Crippen molar-refractivity contribution < 1.29 is 4.74 Å². The molecule has 14 heavy (non-hydrogen) atoms. The van der Waals surface area contributed by atoms with Crippen LogP contribution in [0.3, 0.4) is 0 Å². The van der Waals surface area contributed by atoms with E-state index in [9.17, 15) is 0 Å². The normalized spacial score (nSPS) is 17.9. The summed E-state index contributed by atoms with van der Waals surface area (Å²) in [4.78, 5) is 0. The van der Waals surface area contributed by atoms with E-state index in [2.05, 4.69) is 27.3 Å². The van der Waals surface area contributed by atoms with E-state index in [0.717, 1.165) is 10.2 Å². The fourth-order valence-electron chi connectivity index (χ4n) is 1.82. The molecule has 0 aliphatic heterocycles. The Morgan fingerprint density at radius 3 is 2.64 bits per heavy atom. The van der Waals surface area contributed by atoms with E-state index in [1.807, 2.05) is 19.2 Å². The number of rotatable bonds is 3. The summed E-state index contributed by atoms with van der Waals surface area (Å²) in [5.74, 6) is 0.907. The van der Waals surface area contributed by atoms with Gasteiger partial charge in [0.1, 0.15) is 5.75 Å². The van der Waals surface area contributed by atoms with E-state index in [1.165, 1.54) is 18.4 Å². The second-order valence-electron chi connectivity index (χ2n) is 3.65. The highest BCUT2D eigenvalue weighted by Gasteiger charge is 2.44. The Balaban J connectivity index is 2.43. The molecule has 76 valence electrons. The number of hydrogen-bond donors (Lipinski definition) is 1. The van der Waals surface area contributed by atoms with Gasteiger partial charge < -0.3 is 10.1 Å². The number of hydrogen-bond acceptors (Lipinski definition) is 2. The van der Waals surface area contributed by atoms with Crippen molar-refractivity contribution in [3.05, 3.63) is 28.2 Å². The fraction of sp³-hybridized carbons (Fsp3) is 0.455. The molecule has 1 saturated carbocycles. The minimum absolute atomic E-state index is 0.188. The smallest absolute Gasteiger partial charge is 0.133 e. The zero-order valence-corrected chi connectivity index (χ0v) is 10.0. The Bertz CT molecular complexity index is 347. The lowest BCUT2D eigenvalue weighted by Gasteiger charge is -2.17. The summed E-state index contributed by atoms with van der Waals surface area (Å²) in [6.45, 7) is 0. The van der Waals surface area contributed by atoms with Crippen LogP contribution in [0.4, 0.5) is 0 Å². The highest BCUT2D eigenvalue weighted by Crippen LogP contribution is 2.49. The summed E-state index contributed by atoms with van der Waals surface area (Å²) >= 11 is 3.59. The van der Waals surface area contributed by atoms with Crippen LogP contribution in [0.5, 0.6) is 5.75 Å². The number of ether oxygens (including phenoxy) is 1. The van der Waals surface area contributed by atoms with Gasteiger partial charge in [0.05, 0.1) is 11.6 Å². The third-order valence-electron chi connectivity index (χ3n) is 2.93. The first-order valence-electron chi connectivity index (χ1n) is 4.75. The Morgan fingerprint density at radius 1 is 1.43 bits per heavy atom. The molecule has 1 aromatic carbocycles. The molecule has 0 unspecified atom stereocenters. The van der Waals surface area contributed by atoms with Crippen LogP contribution in [-0.4, -0.2) is 14.2 Å². The Kier molecular flexibility index (Phi) is 2.54. The predicted molar refractivity (Wildman–Crippen MR) is 60.7 cm³/mol. The quantitative estimate of drug-likeness (QED) is 0.897. The first kappa shape index (κ1) is 9.99. The van der Waals surface area contributed by atoms with E-state index < -0.39 is 0 Å². The fourth-order valence-corrected chi connectivity index (χ4v) is 2.62. The first-order chi connectivity index (χ1) is 6.73. The average molecular weight is 256 g/mol. The molecule has 0 heterocycles. The molecule has 0 aromatic heterocycles. The molecule has 0 bridgehead atoms. The molecule has 2 nitrogen and oxygen atoms in total. The molecule has 0 amide bonds. The van der Waals surface area contributed by atoms with Crippen LogP contribution in [0.25, 0.3) is 0 Å². The van der Waals surface area contributed by atoms with E-state index >= 15 is 0 Å². The van der Waals surface area contributed by atoms with Gasteiger partial charge in [-0.1, -0.05) is 12.1 Å². The summed E-state index contributed by atoms with van der Waals surface area (Å²) < 4.78 is 6.36. The van der Waals surface area contributed by atoms with Gasteiger partial charge in [-0.05, 0) is 47.4 Å². The van der Waals surface area contributed by atoms with E-state index in [0.29, 0.717) is 0 Å². The number of benzene rings is 1. The summed E-state index contributed by atoms with van der Waals surface area (Å²) in [5, 5.41) is 3.38. The monoisotopic (exact) mass is 255 g/mol. The molecular formula is C11H14BrNO. The molecule has 0 saturated heterocycles. The molecule has 1 aliphatic carbocycles. The number of halogens is 1. The summed E-state index contributed by atoms with van der Waals surface area (Å²) in [6.07, 6.45) is 2.41. The summed E-state index contributed by atoms with van der Waals surface area (Å²) in [7, 11) is 3.71. The average Bonchev–Trinajstić information content (AvgIpc) is 2.99. The van der Waals surface area contributed by atoms with Gasteiger partial charge in [0.15, 0.2) is 0 Å². The standard InChI is InChI=1S/C11H14BrNO/c1-13-11(6-7-11)8-4-3-5-9(14-2)10(8)12/h3-5,13H,6-7H2,1-2H3. The Hall–Kier alpha value is -0.540. The molecule has 3 heteroatoms. The van der Waals surface area contributed by atoms with Gasteiger partial charge in [-0.3, -0.25) is 0 Å². The lowest BCUT2D eigenvalue weighted by molar-refractivity contribution is 0.410. The molecule has 1 fully saturated rings. The van der Waals surface area contributed by atoms with E-state index in [1.54, 1.807) is 7.11 Å². The molecule has 0 radical (unpaired) electrons. The topological polar surface area (TPSA) is 21.3 Å². The van der Waals surface area contributed by atoms with Gasteiger partial charge in [0.25, 0.3) is 0 Å². The van der Waals surface area contributed by atoms with Gasteiger partial charge in [-0.25, -0.2) is 0 Å². The van der Waals surface area contributed by atoms with Crippen molar-refractivity contribution >= 4 is 15.9 Å². The van der Waals surface area contributed by atoms with Gasteiger partial charge in [-0.2, -0.15) is 0 Å². The second kappa shape index (κ2) is 3.55. The molecule has 1 aliphatic rings. The van der Waals surface area contributed by atoms with Crippen LogP contribution in [0.15, 0.2) is 22.7 Å². The van der Waals surface area contributed by atoms with Gasteiger partial charge in [0, 0.05) is 5.54 Å². The van der Waals surface area contributed by atoms with Crippen molar-refractivity contribution in [2.45, 2.75) is 18.4 Å². The van der Waals surface area contributed by atoms with Gasteiger partial charge in [0.2, 0.25) is 0 Å². The van der Waals surface area contributed by atoms with Crippen LogP contribution < -0.4 is 10.1 Å². The minimum atomic E-state index is 0.188. The van der Waals surface area contributed by atoms with Crippen LogP contribution in [0.1, 0.15) is 18.4 Å². The van der Waals surface area contributed by atoms with E-state index in [4.69, 9.17) is 4.74 Å². The maximum absolute atomic E-state index is 5.28. The van der Waals surface area contributed by atoms with Crippen LogP contribution in [-0.2, 0) is 5.54 Å². The zero-order valence-electron chi connectivity index (χ0n) is 8.43. The van der Waals surface area contributed by atoms with Crippen molar-refractivity contribution in [1.82, 2.24) is 5.32 Å². The third-order valence-corrected chi connectivity index (χ3v) is 3.75. The molecule has 1 aromatic rings. The lowest BCUT2D eigenvalue weighted by atomic mass is 10.1. The van der Waals surface area contributed by atoms with Crippen molar-refractivity contribution in [3.8, 4) is 5.75 Å². The lowest BCUT2D eigenvalue weighted by Crippen LogP contribution is -2.24. The van der Waals surface area contributed by atoms with Gasteiger partial charge >= 0.3 is 0 Å². The Morgan fingerprint density at radius 2 is 2.14 bits per heavy atom. The third kappa shape index (κ3) is 1.44. The van der Waals surface area contributed by atoms with Crippen LogP contribution >= 0.6 is 15.9 Å². The maximum atomic E-state index is 5.28. The zero-order chi connectivity index (χ0) is 10.2. The predicted octanol–water partition coefficient (Wildman–Crippen LogP) is 2.67. The first-order valence-corrected chi connectivity index (χ1v) is 5.55. The molecular weight excluding hydrogens is 242 g/mol. The SMILES string of the molecule is CNC1(c2cccc(OC)c2Br)CC1. The summed E-state index contributed by atoms with van der Waals surface area (Å²) in [5.41, 5.74) is 1.49. The largest absolute Gasteiger partial charge is 0.496 e. The highest BCUT2D eigenvalue weighted by atomic mass is 79.9. The Labute approximate surface area is 92.8 Å². The van der Waals surface area contributed by atoms with Gasteiger partial charge in [-0.15, -0.1) is 0 Å². The second-order valence-corrected chi connectivity index (χ2v) is 4.45. The highest BCUT2D eigenvalue weighted by molar-refractivity contribution is 9.10. The maximum Gasteiger partial charge on any atom is 0.133 e. The molecule has 0 atom stereocenters. The van der Waals surface area contributed by atoms with E-state index in [-0.39, 0.29) is 5.54 Å². The van der Waals surface area contributed by atoms with Crippen LogP contribution in [0.2, 0.25) is 0 Å². The van der Waals surface area contributed by atoms with Crippen molar-refractivity contribution in [2.24, 2.45) is 0 Å². The van der Waals surface area contributed by atoms with Crippen molar-refractivity contribution in [1.29, 1.82) is 0 Å². The van der Waals surface area contributed by atoms with Crippen LogP contribution in [0, 0.1) is 0 Å². The minimum Gasteiger partial charge on any atom is -0.496 e. The molecule has 0 spiro atoms. The molecule has 1 N–H and O–H groups in total. The summed E-state index contributed by atoms with van der Waals surface area (Å²) in [6, 6.07) is 6.16. The molecule has 2 rings (SSSR count). The van der Waals surface area contributed by atoms with Crippen molar-refractivity contribution in [2.75, 3.05) is 14.2 Å². The van der Waals surface area contributed by atoms with Crippen molar-refractivity contribution in [3.63, 3.8) is 0 Å². The number of nitrogens with one attached hydrogen (secondary N) is 1.